The van der Waals surface area contributed by atoms with E-state index in [-0.39, 0.29) is 23.8 Å². The molecule has 0 aliphatic rings. The van der Waals surface area contributed by atoms with Crippen LogP contribution in [0.25, 0.3) is 5.69 Å². The molecule has 2 rings (SSSR count). The molecule has 170 valence electrons. The minimum atomic E-state index is -0.233. The van der Waals surface area contributed by atoms with Crippen molar-refractivity contribution < 1.29 is 9.59 Å². The number of aromatic nitrogens is 2. The van der Waals surface area contributed by atoms with Crippen molar-refractivity contribution in [3.05, 3.63) is 41.0 Å². The number of carbonyl (C=O) groups excluding carboxylic acids is 2. The van der Waals surface area contributed by atoms with E-state index >= 15 is 0 Å². The highest BCUT2D eigenvalue weighted by Crippen LogP contribution is 2.27. The summed E-state index contributed by atoms with van der Waals surface area (Å²) in [5.41, 5.74) is 1.47. The van der Waals surface area contributed by atoms with Crippen molar-refractivity contribution in [3.8, 4) is 5.69 Å². The average molecular weight is 447 g/mol. The summed E-state index contributed by atoms with van der Waals surface area (Å²) in [6.07, 6.45) is 2.07. The monoisotopic (exact) mass is 446 g/mol. The second-order valence-corrected chi connectivity index (χ2v) is 9.79. The number of nitrogens with zero attached hydrogens (tertiary/aromatic N) is 3. The number of hydrogen-bond donors (Lipinski definition) is 1. The first-order valence-electron chi connectivity index (χ1n) is 10.9. The summed E-state index contributed by atoms with van der Waals surface area (Å²) in [7, 11) is 0. The summed E-state index contributed by atoms with van der Waals surface area (Å²) in [6.45, 7) is 13.0. The predicted octanol–water partition coefficient (Wildman–Crippen LogP) is 5.44. The summed E-state index contributed by atoms with van der Waals surface area (Å²) in [5.74, 6) is 0.813. The molecule has 0 aliphatic heterocycles. The Morgan fingerprint density at radius 3 is 2.39 bits per heavy atom. The Morgan fingerprint density at radius 1 is 1.19 bits per heavy atom. The Balaban J connectivity index is 2.26. The lowest BCUT2D eigenvalue weighted by Crippen LogP contribution is -2.39. The minimum Gasteiger partial charge on any atom is -0.333 e. The molecule has 0 fully saturated rings. The van der Waals surface area contributed by atoms with Crippen LogP contribution in [0.15, 0.2) is 30.3 Å². The van der Waals surface area contributed by atoms with Crippen LogP contribution in [0.5, 0.6) is 0 Å². The number of hydrogen-bond acceptors (Lipinski definition) is 3. The van der Waals surface area contributed by atoms with E-state index in [2.05, 4.69) is 39.9 Å². The second-order valence-electron chi connectivity index (χ2n) is 9.35. The van der Waals surface area contributed by atoms with E-state index in [9.17, 15) is 9.59 Å². The third kappa shape index (κ3) is 7.39. The van der Waals surface area contributed by atoms with Crippen LogP contribution in [0.2, 0.25) is 5.02 Å². The molecule has 0 aliphatic carbocycles. The van der Waals surface area contributed by atoms with Gasteiger partial charge in [0.2, 0.25) is 11.8 Å². The molecule has 6 nitrogen and oxygen atoms in total. The van der Waals surface area contributed by atoms with E-state index in [1.165, 1.54) is 0 Å². The maximum Gasteiger partial charge on any atom is 0.245 e. The van der Waals surface area contributed by atoms with E-state index in [4.69, 9.17) is 16.7 Å². The number of nitrogens with one attached hydrogen (secondary N) is 1. The van der Waals surface area contributed by atoms with Gasteiger partial charge in [-0.2, -0.15) is 5.10 Å². The van der Waals surface area contributed by atoms with Gasteiger partial charge in [0, 0.05) is 29.5 Å². The Kier molecular flexibility index (Phi) is 8.69. The number of anilines is 1. The molecule has 2 amide bonds. The zero-order valence-electron chi connectivity index (χ0n) is 19.5. The highest BCUT2D eigenvalue weighted by molar-refractivity contribution is 6.30. The molecule has 1 aromatic heterocycles. The van der Waals surface area contributed by atoms with Gasteiger partial charge >= 0.3 is 0 Å². The normalized spacial score (nSPS) is 11.6. The lowest BCUT2D eigenvalue weighted by atomic mass is 9.92. The maximum absolute atomic E-state index is 12.9. The zero-order chi connectivity index (χ0) is 23.2. The molecule has 1 heterocycles. The molecule has 1 N–H and O–H groups in total. The molecule has 7 heteroatoms. The summed E-state index contributed by atoms with van der Waals surface area (Å²) in [4.78, 5) is 27.1. The smallest absolute Gasteiger partial charge is 0.245 e. The Labute approximate surface area is 191 Å². The standard InChI is InChI=1S/C24H35ClN4O2/c1-7-8-23(31)28(14-13-17(2)3)16-22(30)26-21-15-20(24(4,5)6)27-29(21)19-11-9-18(25)10-12-19/h9-12,15,17H,7-8,13-14,16H2,1-6H3,(H,26,30). The van der Waals surface area contributed by atoms with Gasteiger partial charge in [0.15, 0.2) is 0 Å². The van der Waals surface area contributed by atoms with Crippen LogP contribution in [-0.2, 0) is 15.0 Å². The van der Waals surface area contributed by atoms with Gasteiger partial charge in [-0.15, -0.1) is 0 Å². The molecule has 0 unspecified atom stereocenters. The SMILES string of the molecule is CCCC(=O)N(CCC(C)C)CC(=O)Nc1cc(C(C)(C)C)nn1-c1ccc(Cl)cc1. The van der Waals surface area contributed by atoms with Crippen molar-refractivity contribution in [1.82, 2.24) is 14.7 Å². The number of halogens is 1. The third-order valence-electron chi connectivity index (χ3n) is 4.94. The minimum absolute atomic E-state index is 0.0138. The number of benzene rings is 1. The van der Waals surface area contributed by atoms with Crippen molar-refractivity contribution >= 4 is 29.2 Å². The first kappa shape index (κ1) is 24.9. The molecule has 0 radical (unpaired) electrons. The van der Waals surface area contributed by atoms with Crippen LogP contribution in [0, 0.1) is 5.92 Å². The van der Waals surface area contributed by atoms with Crippen LogP contribution in [0.3, 0.4) is 0 Å². The van der Waals surface area contributed by atoms with Crippen LogP contribution >= 0.6 is 11.6 Å². The van der Waals surface area contributed by atoms with Gasteiger partial charge in [-0.3, -0.25) is 9.59 Å². The highest BCUT2D eigenvalue weighted by Gasteiger charge is 2.23. The maximum atomic E-state index is 12.9. The molecule has 0 saturated heterocycles. The summed E-state index contributed by atoms with van der Waals surface area (Å²) < 4.78 is 1.71. The van der Waals surface area contributed by atoms with Gasteiger partial charge in [-0.1, -0.05) is 53.1 Å². The molecule has 0 atom stereocenters. The first-order valence-corrected chi connectivity index (χ1v) is 11.3. The molecule has 2 aromatic rings. The molecule has 0 spiro atoms. The van der Waals surface area contributed by atoms with Crippen LogP contribution in [0.1, 0.15) is 66.5 Å². The molecular formula is C24H35ClN4O2. The van der Waals surface area contributed by atoms with Crippen LogP contribution in [0.4, 0.5) is 5.82 Å². The molecule has 0 saturated carbocycles. The predicted molar refractivity (Wildman–Crippen MR) is 127 cm³/mol. The lowest BCUT2D eigenvalue weighted by molar-refractivity contribution is -0.134. The Bertz CT molecular complexity index is 882. The number of rotatable bonds is 9. The second kappa shape index (κ2) is 10.8. The van der Waals surface area contributed by atoms with Gasteiger partial charge < -0.3 is 10.2 Å². The quantitative estimate of drug-likeness (QED) is 0.557. The van der Waals surface area contributed by atoms with Crippen molar-refractivity contribution in [2.75, 3.05) is 18.4 Å². The van der Waals surface area contributed by atoms with Gasteiger partial charge in [0.1, 0.15) is 5.82 Å². The van der Waals surface area contributed by atoms with E-state index in [0.717, 1.165) is 24.2 Å². The van der Waals surface area contributed by atoms with Gasteiger partial charge in [0.25, 0.3) is 0 Å². The topological polar surface area (TPSA) is 67.2 Å². The summed E-state index contributed by atoms with van der Waals surface area (Å²) >= 11 is 6.03. The molecule has 1 aromatic carbocycles. The summed E-state index contributed by atoms with van der Waals surface area (Å²) in [5, 5.41) is 8.31. The molecule has 0 bridgehead atoms. The lowest BCUT2D eigenvalue weighted by Gasteiger charge is -2.23. The van der Waals surface area contributed by atoms with Crippen LogP contribution < -0.4 is 5.32 Å². The van der Waals surface area contributed by atoms with Gasteiger partial charge in [-0.05, 0) is 43.0 Å². The number of carbonyl (C=O) groups is 2. The Morgan fingerprint density at radius 2 is 1.84 bits per heavy atom. The van der Waals surface area contributed by atoms with Crippen molar-refractivity contribution in [3.63, 3.8) is 0 Å². The van der Waals surface area contributed by atoms with Gasteiger partial charge in [-0.25, -0.2) is 4.68 Å². The van der Waals surface area contributed by atoms with Crippen molar-refractivity contribution in [2.45, 2.75) is 66.2 Å². The van der Waals surface area contributed by atoms with Crippen molar-refractivity contribution in [2.24, 2.45) is 5.92 Å². The number of amides is 2. The fourth-order valence-corrected chi connectivity index (χ4v) is 3.18. The average Bonchev–Trinajstić information content (AvgIpc) is 3.09. The molecule has 31 heavy (non-hydrogen) atoms. The Hall–Kier alpha value is -2.34. The first-order chi connectivity index (χ1) is 14.5. The highest BCUT2D eigenvalue weighted by atomic mass is 35.5. The fraction of sp³-hybridized carbons (Fsp3) is 0.542. The van der Waals surface area contributed by atoms with E-state index < -0.39 is 0 Å². The third-order valence-corrected chi connectivity index (χ3v) is 5.20. The van der Waals surface area contributed by atoms with E-state index in [0.29, 0.717) is 29.7 Å². The van der Waals surface area contributed by atoms with Gasteiger partial charge in [0.05, 0.1) is 17.9 Å². The largest absolute Gasteiger partial charge is 0.333 e. The van der Waals surface area contributed by atoms with Crippen LogP contribution in [-0.4, -0.2) is 39.6 Å². The van der Waals surface area contributed by atoms with Crippen molar-refractivity contribution in [1.29, 1.82) is 0 Å². The molecular weight excluding hydrogens is 412 g/mol. The van der Waals surface area contributed by atoms with E-state index in [1.807, 2.05) is 25.1 Å². The fourth-order valence-electron chi connectivity index (χ4n) is 3.05. The van der Waals surface area contributed by atoms with E-state index in [1.54, 1.807) is 21.7 Å². The zero-order valence-corrected chi connectivity index (χ0v) is 20.3. The summed E-state index contributed by atoms with van der Waals surface area (Å²) in [6, 6.07) is 9.18.